The van der Waals surface area contributed by atoms with E-state index >= 15 is 0 Å². The summed E-state index contributed by atoms with van der Waals surface area (Å²) in [6, 6.07) is 7.41. The molecule has 3 amide bonds. The van der Waals surface area contributed by atoms with Crippen molar-refractivity contribution in [1.29, 1.82) is 0 Å². The standard InChI is InChI=1S/C22H28FN5O4/c1-15-4-6-17(11-24-15)25-21(29)26-20-10-16(5-7-19(20)23)12-27-8-9-28(22(30)32-3)18(13-27)14-31-2/h4-7,10-11,18H,8-9,12-14H2,1-3H3,(H2,25,26,29)/t18-/m1/s1. The summed E-state index contributed by atoms with van der Waals surface area (Å²) in [5, 5.41) is 5.18. The van der Waals surface area contributed by atoms with E-state index in [1.54, 1.807) is 36.3 Å². The van der Waals surface area contributed by atoms with Crippen LogP contribution >= 0.6 is 0 Å². The van der Waals surface area contributed by atoms with Gasteiger partial charge in [0.05, 0.1) is 37.3 Å². The van der Waals surface area contributed by atoms with Crippen LogP contribution in [0, 0.1) is 12.7 Å². The van der Waals surface area contributed by atoms with Gasteiger partial charge in [0.15, 0.2) is 0 Å². The summed E-state index contributed by atoms with van der Waals surface area (Å²) < 4.78 is 24.4. The van der Waals surface area contributed by atoms with Crippen molar-refractivity contribution in [2.24, 2.45) is 0 Å². The molecule has 172 valence electrons. The minimum Gasteiger partial charge on any atom is -0.453 e. The Morgan fingerprint density at radius 3 is 2.69 bits per heavy atom. The normalized spacial score (nSPS) is 16.5. The number of halogens is 1. The molecular formula is C22H28FN5O4. The molecule has 0 spiro atoms. The summed E-state index contributed by atoms with van der Waals surface area (Å²) in [5.74, 6) is -0.529. The number of aromatic nitrogens is 1. The maximum absolute atomic E-state index is 14.3. The summed E-state index contributed by atoms with van der Waals surface area (Å²) in [5.41, 5.74) is 2.26. The molecule has 0 unspecified atom stereocenters. The molecule has 1 aromatic carbocycles. The molecule has 2 aromatic rings. The van der Waals surface area contributed by atoms with Crippen molar-refractivity contribution in [1.82, 2.24) is 14.8 Å². The van der Waals surface area contributed by atoms with Crippen molar-refractivity contribution in [3.8, 4) is 0 Å². The number of hydrogen-bond acceptors (Lipinski definition) is 6. The second-order valence-electron chi connectivity index (χ2n) is 7.59. The highest BCUT2D eigenvalue weighted by molar-refractivity contribution is 5.99. The van der Waals surface area contributed by atoms with Crippen molar-refractivity contribution >= 4 is 23.5 Å². The largest absolute Gasteiger partial charge is 0.453 e. The number of carbonyl (C=O) groups is 2. The van der Waals surface area contributed by atoms with Crippen LogP contribution in [0.25, 0.3) is 0 Å². The first-order valence-corrected chi connectivity index (χ1v) is 10.2. The van der Waals surface area contributed by atoms with E-state index in [2.05, 4.69) is 20.5 Å². The molecule has 0 radical (unpaired) electrons. The van der Waals surface area contributed by atoms with Crippen molar-refractivity contribution in [2.45, 2.75) is 19.5 Å². The number of anilines is 2. The van der Waals surface area contributed by atoms with E-state index in [1.807, 2.05) is 6.92 Å². The van der Waals surface area contributed by atoms with Gasteiger partial charge in [-0.15, -0.1) is 0 Å². The highest BCUT2D eigenvalue weighted by Crippen LogP contribution is 2.20. The lowest BCUT2D eigenvalue weighted by Crippen LogP contribution is -2.56. The van der Waals surface area contributed by atoms with E-state index in [0.29, 0.717) is 38.5 Å². The number of piperazine rings is 1. The van der Waals surface area contributed by atoms with Gasteiger partial charge in [0, 0.05) is 39.0 Å². The molecule has 1 atom stereocenters. The summed E-state index contributed by atoms with van der Waals surface area (Å²) >= 11 is 0. The highest BCUT2D eigenvalue weighted by atomic mass is 19.1. The monoisotopic (exact) mass is 445 g/mol. The Hall–Kier alpha value is -3.24. The number of nitrogens with zero attached hydrogens (tertiary/aromatic N) is 3. The lowest BCUT2D eigenvalue weighted by Gasteiger charge is -2.40. The number of amides is 3. The van der Waals surface area contributed by atoms with Crippen LogP contribution in [0.2, 0.25) is 0 Å². The van der Waals surface area contributed by atoms with Crippen LogP contribution in [-0.2, 0) is 16.0 Å². The number of benzene rings is 1. The van der Waals surface area contributed by atoms with Crippen LogP contribution in [-0.4, -0.2) is 73.4 Å². The first-order chi connectivity index (χ1) is 15.4. The van der Waals surface area contributed by atoms with Gasteiger partial charge in [0.25, 0.3) is 0 Å². The zero-order valence-electron chi connectivity index (χ0n) is 18.4. The third-order valence-corrected chi connectivity index (χ3v) is 5.19. The van der Waals surface area contributed by atoms with Gasteiger partial charge in [0.2, 0.25) is 0 Å². The first kappa shape index (κ1) is 23.4. The molecule has 2 heterocycles. The Morgan fingerprint density at radius 2 is 2.00 bits per heavy atom. The molecule has 1 aliphatic heterocycles. The summed E-state index contributed by atoms with van der Waals surface area (Å²) in [6.07, 6.45) is 1.15. The second-order valence-corrected chi connectivity index (χ2v) is 7.59. The molecule has 1 saturated heterocycles. The third kappa shape index (κ3) is 6.14. The van der Waals surface area contributed by atoms with Gasteiger partial charge >= 0.3 is 12.1 Å². The number of nitrogens with one attached hydrogen (secondary N) is 2. The van der Waals surface area contributed by atoms with E-state index in [9.17, 15) is 14.0 Å². The molecule has 1 fully saturated rings. The topological polar surface area (TPSA) is 96.0 Å². The van der Waals surface area contributed by atoms with Crippen molar-refractivity contribution in [3.63, 3.8) is 0 Å². The Morgan fingerprint density at radius 1 is 1.19 bits per heavy atom. The molecule has 9 nitrogen and oxygen atoms in total. The Bertz CT molecular complexity index is 940. The van der Waals surface area contributed by atoms with Gasteiger partial charge < -0.3 is 25.0 Å². The summed E-state index contributed by atoms with van der Waals surface area (Å²) in [4.78, 5) is 32.2. The number of aryl methyl sites for hydroxylation is 1. The zero-order valence-corrected chi connectivity index (χ0v) is 18.4. The first-order valence-electron chi connectivity index (χ1n) is 10.2. The molecule has 0 saturated carbocycles. The van der Waals surface area contributed by atoms with Crippen molar-refractivity contribution < 1.29 is 23.5 Å². The van der Waals surface area contributed by atoms with Crippen LogP contribution in [0.4, 0.5) is 25.4 Å². The SMILES string of the molecule is COC[C@H]1CN(Cc2ccc(F)c(NC(=O)Nc3ccc(C)nc3)c2)CCN1C(=O)OC. The minimum atomic E-state index is -0.557. The summed E-state index contributed by atoms with van der Waals surface area (Å²) in [6.45, 7) is 4.49. The molecule has 1 aliphatic rings. The van der Waals surface area contributed by atoms with Crippen LogP contribution in [0.1, 0.15) is 11.3 Å². The lowest BCUT2D eigenvalue weighted by atomic mass is 10.1. The molecule has 0 bridgehead atoms. The highest BCUT2D eigenvalue weighted by Gasteiger charge is 2.31. The van der Waals surface area contributed by atoms with Crippen LogP contribution in [0.15, 0.2) is 36.5 Å². The quantitative estimate of drug-likeness (QED) is 0.710. The predicted octanol–water partition coefficient (Wildman–Crippen LogP) is 3.07. The number of methoxy groups -OCH3 is 2. The van der Waals surface area contributed by atoms with Gasteiger partial charge in [-0.1, -0.05) is 6.07 Å². The third-order valence-electron chi connectivity index (χ3n) is 5.19. The fraction of sp³-hybridized carbons (Fsp3) is 0.409. The van der Waals surface area contributed by atoms with Crippen LogP contribution in [0.5, 0.6) is 0 Å². The average molecular weight is 445 g/mol. The molecule has 1 aromatic heterocycles. The predicted molar refractivity (Wildman–Crippen MR) is 118 cm³/mol. The smallest absolute Gasteiger partial charge is 0.409 e. The lowest BCUT2D eigenvalue weighted by molar-refractivity contribution is 0.0206. The van der Waals surface area contributed by atoms with Gasteiger partial charge in [-0.2, -0.15) is 0 Å². The number of pyridine rings is 1. The maximum Gasteiger partial charge on any atom is 0.409 e. The van der Waals surface area contributed by atoms with E-state index in [1.165, 1.54) is 19.4 Å². The maximum atomic E-state index is 14.3. The molecule has 32 heavy (non-hydrogen) atoms. The minimum absolute atomic E-state index is 0.0849. The molecule has 2 N–H and O–H groups in total. The van der Waals surface area contributed by atoms with Gasteiger partial charge in [0.1, 0.15) is 5.82 Å². The van der Waals surface area contributed by atoms with Crippen molar-refractivity contribution in [2.75, 3.05) is 51.1 Å². The van der Waals surface area contributed by atoms with Gasteiger partial charge in [-0.25, -0.2) is 14.0 Å². The fourth-order valence-corrected chi connectivity index (χ4v) is 3.61. The number of urea groups is 1. The molecule has 3 rings (SSSR count). The van der Waals surface area contributed by atoms with E-state index in [4.69, 9.17) is 9.47 Å². The zero-order chi connectivity index (χ0) is 23.1. The number of ether oxygens (including phenoxy) is 2. The van der Waals surface area contributed by atoms with Gasteiger partial charge in [-0.05, 0) is 36.8 Å². The van der Waals surface area contributed by atoms with Crippen LogP contribution in [0.3, 0.4) is 0 Å². The Kier molecular flexibility index (Phi) is 7.96. The average Bonchev–Trinajstić information content (AvgIpc) is 2.77. The Labute approximate surface area is 186 Å². The van der Waals surface area contributed by atoms with Crippen LogP contribution < -0.4 is 10.6 Å². The molecule has 0 aliphatic carbocycles. The second kappa shape index (κ2) is 10.9. The number of rotatable bonds is 6. The van der Waals surface area contributed by atoms with Crippen molar-refractivity contribution in [3.05, 3.63) is 53.6 Å². The van der Waals surface area contributed by atoms with Gasteiger partial charge in [-0.3, -0.25) is 9.88 Å². The van der Waals surface area contributed by atoms with E-state index < -0.39 is 11.8 Å². The number of hydrogen-bond donors (Lipinski definition) is 2. The fourth-order valence-electron chi connectivity index (χ4n) is 3.61. The Balaban J connectivity index is 1.63. The van der Waals surface area contributed by atoms with E-state index in [0.717, 1.165) is 11.3 Å². The molecular weight excluding hydrogens is 417 g/mol. The molecule has 10 heteroatoms. The summed E-state index contributed by atoms with van der Waals surface area (Å²) in [7, 11) is 2.95. The van der Waals surface area contributed by atoms with E-state index in [-0.39, 0.29) is 17.8 Å². The number of carbonyl (C=O) groups excluding carboxylic acids is 2.